The second-order valence-electron chi connectivity index (χ2n) is 7.02. The molecule has 32 heavy (non-hydrogen) atoms. The van der Waals surface area contributed by atoms with Gasteiger partial charge < -0.3 is 4.90 Å². The zero-order valence-electron chi connectivity index (χ0n) is 18.3. The molecule has 174 valence electrons. The molecule has 10 radical (unpaired) electrons. The van der Waals surface area contributed by atoms with Crippen LogP contribution in [0.2, 0.25) is 0 Å². The third kappa shape index (κ3) is 10.1. The van der Waals surface area contributed by atoms with Crippen LogP contribution < -0.4 is 10.6 Å². The average molecular weight is 619 g/mol. The number of rotatable bonds is 5. The molecule has 0 spiro atoms. The second-order valence-corrected chi connectivity index (χ2v) is 11.6. The van der Waals surface area contributed by atoms with E-state index in [0.717, 1.165) is 0 Å². The van der Waals surface area contributed by atoms with Gasteiger partial charge in [0.05, 0.1) is 0 Å². The Balaban J connectivity index is 0.000000485. The summed E-state index contributed by atoms with van der Waals surface area (Å²) in [6.07, 6.45) is 16.8. The van der Waals surface area contributed by atoms with Gasteiger partial charge in [-0.2, -0.15) is 0 Å². The largest absolute Gasteiger partial charge is 0 e. The van der Waals surface area contributed by atoms with Gasteiger partial charge in [0.15, 0.2) is 0 Å². The number of halogens is 2. The Hall–Kier alpha value is 0.592. The molecule has 2 fully saturated rings. The first-order chi connectivity index (χ1) is 15.1. The van der Waals surface area contributed by atoms with Gasteiger partial charge in [0, 0.05) is 34.7 Å². The van der Waals surface area contributed by atoms with E-state index in [0.29, 0.717) is 6.04 Å². The molecule has 0 heterocycles. The standard InChI is InChI=1S/C21H23NP.C5H5.2ClH.Fe.Pd/c1-17(22(2)3)20-15-10-16-21(20)23(18-11-6-4-7-12-18)19-13-8-5-9-14-19;1-2-4-5-3-1;;;;/h4-17H,1-3H3;1-5H;2*1H;;/q;;;;;+2/p-2/t17-;;;;;/m0...../s1. The fourth-order valence-corrected chi connectivity index (χ4v) is 5.71. The quantitative estimate of drug-likeness (QED) is 0.285. The Morgan fingerprint density at radius 2 is 1.12 bits per heavy atom. The zero-order chi connectivity index (χ0) is 22.5. The summed E-state index contributed by atoms with van der Waals surface area (Å²) in [4.78, 5) is 2.28. The molecule has 4 rings (SSSR count). The number of hydrogen-bond donors (Lipinski definition) is 0. The Kier molecular flexibility index (Phi) is 17.2. The van der Waals surface area contributed by atoms with Crippen molar-refractivity contribution in [2.24, 2.45) is 0 Å². The van der Waals surface area contributed by atoms with E-state index in [1.165, 1.54) is 22.2 Å². The summed E-state index contributed by atoms with van der Waals surface area (Å²) in [5.74, 6) is 1.44. The molecule has 6 heteroatoms. The molecule has 0 saturated heterocycles. The summed E-state index contributed by atoms with van der Waals surface area (Å²) >= 11 is -0.106. The molecule has 2 aliphatic rings. The van der Waals surface area contributed by atoms with Crippen molar-refractivity contribution >= 4 is 37.6 Å². The van der Waals surface area contributed by atoms with Crippen LogP contribution in [0, 0.1) is 62.9 Å². The Labute approximate surface area is 224 Å². The van der Waals surface area contributed by atoms with Crippen LogP contribution in [0.4, 0.5) is 0 Å². The van der Waals surface area contributed by atoms with Crippen molar-refractivity contribution in [2.75, 3.05) is 14.1 Å². The normalized spacial score (nSPS) is 17.3. The third-order valence-corrected chi connectivity index (χ3v) is 7.39. The van der Waals surface area contributed by atoms with E-state index in [-0.39, 0.29) is 33.0 Å². The van der Waals surface area contributed by atoms with Gasteiger partial charge in [-0.1, -0.05) is 60.7 Å². The van der Waals surface area contributed by atoms with Gasteiger partial charge in [0.1, 0.15) is 0 Å². The van der Waals surface area contributed by atoms with Crippen LogP contribution in [0.5, 0.6) is 0 Å². The molecule has 1 nitrogen and oxygen atoms in total. The van der Waals surface area contributed by atoms with Gasteiger partial charge in [0.25, 0.3) is 0 Å². The predicted molar refractivity (Wildman–Crippen MR) is 135 cm³/mol. The molecule has 0 amide bonds. The number of hydrogen-bond acceptors (Lipinski definition) is 1. The van der Waals surface area contributed by atoms with Crippen molar-refractivity contribution in [1.29, 1.82) is 0 Å². The van der Waals surface area contributed by atoms with Gasteiger partial charge in [-0.05, 0) is 90.9 Å². The van der Waals surface area contributed by atoms with Crippen LogP contribution >= 0.6 is 27.0 Å². The minimum Gasteiger partial charge on any atom is 0 e. The van der Waals surface area contributed by atoms with E-state index in [9.17, 15) is 0 Å². The van der Waals surface area contributed by atoms with E-state index in [2.05, 4.69) is 106 Å². The van der Waals surface area contributed by atoms with Crippen LogP contribution in [0.1, 0.15) is 6.92 Å². The average Bonchev–Trinajstić information content (AvgIpc) is 3.51. The molecule has 1 atom stereocenters. The molecule has 0 unspecified atom stereocenters. The molecular weight excluding hydrogens is 590 g/mol. The van der Waals surface area contributed by atoms with E-state index in [1.807, 2.05) is 32.1 Å². The molecule has 2 aromatic carbocycles. The summed E-state index contributed by atoms with van der Waals surface area (Å²) in [7, 11) is 13.4. The van der Waals surface area contributed by atoms with Gasteiger partial charge in [0.2, 0.25) is 0 Å². The smallest absolute Gasteiger partial charge is 0 e. The van der Waals surface area contributed by atoms with Crippen molar-refractivity contribution < 1.29 is 33.0 Å². The van der Waals surface area contributed by atoms with E-state index < -0.39 is 7.92 Å². The molecule has 0 bridgehead atoms. The Bertz CT molecular complexity index is 656. The van der Waals surface area contributed by atoms with Crippen LogP contribution in [0.3, 0.4) is 0 Å². The first kappa shape index (κ1) is 30.6. The fourth-order valence-electron chi connectivity index (χ4n) is 3.16. The maximum atomic E-state index is 4.81. The molecule has 2 saturated carbocycles. The first-order valence-electron chi connectivity index (χ1n) is 9.91. The predicted octanol–water partition coefficient (Wildman–Crippen LogP) is 6.20. The van der Waals surface area contributed by atoms with E-state index in [1.54, 1.807) is 0 Å². The maximum Gasteiger partial charge on any atom is 0 e. The topological polar surface area (TPSA) is 3.24 Å². The molecule has 2 aromatic rings. The van der Waals surface area contributed by atoms with Gasteiger partial charge in [-0.15, -0.1) is 0 Å². The Morgan fingerprint density at radius 1 is 0.719 bits per heavy atom. The van der Waals surface area contributed by atoms with Gasteiger partial charge in [-0.3, -0.25) is 0 Å². The fraction of sp³-hybridized carbons (Fsp3) is 0.154. The van der Waals surface area contributed by atoms with Crippen LogP contribution in [-0.4, -0.2) is 25.0 Å². The third-order valence-electron chi connectivity index (χ3n) is 4.88. The number of benzene rings is 2. The minimum atomic E-state index is -0.514. The SMILES string of the molecule is C[C@@H]([C]1[CH][CH][CH][C]1P(c1ccccc1)c1ccccc1)N(C)C.[CH]1[CH][CH][CH][CH]1.[Cl][Pd][Cl].[Fe]. The van der Waals surface area contributed by atoms with Crippen molar-refractivity contribution in [3.05, 3.63) is 124 Å². The summed E-state index contributed by atoms with van der Waals surface area (Å²) in [6, 6.07) is 22.2. The summed E-state index contributed by atoms with van der Waals surface area (Å²) < 4.78 is 0. The Morgan fingerprint density at radius 3 is 1.50 bits per heavy atom. The second kappa shape index (κ2) is 17.9. The van der Waals surface area contributed by atoms with Crippen molar-refractivity contribution in [2.45, 2.75) is 13.0 Å². The van der Waals surface area contributed by atoms with Crippen LogP contribution in [0.15, 0.2) is 60.7 Å². The van der Waals surface area contributed by atoms with Crippen molar-refractivity contribution in [3.8, 4) is 0 Å². The first-order valence-corrected chi connectivity index (χ1v) is 15.3. The summed E-state index contributed by atoms with van der Waals surface area (Å²) in [6.45, 7) is 2.28. The summed E-state index contributed by atoms with van der Waals surface area (Å²) in [5.41, 5.74) is 1.47. The van der Waals surface area contributed by atoms with Crippen LogP contribution in [-0.2, 0) is 33.0 Å². The molecule has 0 aliphatic heterocycles. The van der Waals surface area contributed by atoms with Gasteiger partial charge >= 0.3 is 35.0 Å². The van der Waals surface area contributed by atoms with E-state index >= 15 is 0 Å². The molecule has 0 N–H and O–H groups in total. The number of nitrogens with zero attached hydrogens (tertiary/aromatic N) is 1. The molecule has 0 aromatic heterocycles. The van der Waals surface area contributed by atoms with Crippen LogP contribution in [0.25, 0.3) is 0 Å². The molecule has 2 aliphatic carbocycles. The monoisotopic (exact) mass is 617 g/mol. The van der Waals surface area contributed by atoms with Crippen molar-refractivity contribution in [3.63, 3.8) is 0 Å². The molecular formula is C26H28Cl2FeNPPd. The van der Waals surface area contributed by atoms with Gasteiger partial charge in [-0.25, -0.2) is 0 Å². The van der Waals surface area contributed by atoms with E-state index in [4.69, 9.17) is 19.1 Å². The van der Waals surface area contributed by atoms with Crippen molar-refractivity contribution in [1.82, 2.24) is 4.90 Å². The summed E-state index contributed by atoms with van der Waals surface area (Å²) in [5, 5.41) is 2.82. The minimum absolute atomic E-state index is 0. The zero-order valence-corrected chi connectivity index (χ0v) is 23.4. The maximum absolute atomic E-state index is 4.81.